The van der Waals surface area contributed by atoms with Gasteiger partial charge in [-0.05, 0) is 61.8 Å². The van der Waals surface area contributed by atoms with Crippen molar-refractivity contribution in [1.29, 1.82) is 0 Å². The first-order valence-corrected chi connectivity index (χ1v) is 7.59. The number of allylic oxidation sites excluding steroid dienone is 4. The monoisotopic (exact) mass is 253 g/mol. The first-order valence-electron chi connectivity index (χ1n) is 7.59. The third kappa shape index (κ3) is 3.36. The lowest BCUT2D eigenvalue weighted by atomic mass is 9.96. The van der Waals surface area contributed by atoms with Gasteiger partial charge in [0.15, 0.2) is 0 Å². The second kappa shape index (κ2) is 6.21. The number of hydrogen-bond donors (Lipinski definition) is 1. The molecule has 100 valence electrons. The molecule has 0 aromatic heterocycles. The lowest BCUT2D eigenvalue weighted by molar-refractivity contribution is 0.681. The van der Waals surface area contributed by atoms with Gasteiger partial charge in [-0.25, -0.2) is 0 Å². The highest BCUT2D eigenvalue weighted by molar-refractivity contribution is 5.34. The second-order valence-corrected chi connectivity index (χ2v) is 5.64. The van der Waals surface area contributed by atoms with Crippen molar-refractivity contribution in [2.45, 2.75) is 45.1 Å². The molecule has 0 atom stereocenters. The van der Waals surface area contributed by atoms with E-state index in [2.05, 4.69) is 41.7 Å². The highest BCUT2D eigenvalue weighted by Gasteiger charge is 2.08. The predicted molar refractivity (Wildman–Crippen MR) is 81.2 cm³/mol. The average Bonchev–Trinajstić information content (AvgIpc) is 2.71. The molecule has 0 amide bonds. The minimum atomic E-state index is 1.05. The molecule has 1 nitrogen and oxygen atoms in total. The van der Waals surface area contributed by atoms with Crippen LogP contribution in [0.4, 0.5) is 0 Å². The van der Waals surface area contributed by atoms with Crippen LogP contribution in [-0.2, 0) is 19.4 Å². The zero-order valence-corrected chi connectivity index (χ0v) is 11.6. The molecule has 3 rings (SSSR count). The van der Waals surface area contributed by atoms with Gasteiger partial charge in [-0.3, -0.25) is 0 Å². The van der Waals surface area contributed by atoms with Crippen LogP contribution in [0, 0.1) is 0 Å². The van der Waals surface area contributed by atoms with E-state index >= 15 is 0 Å². The van der Waals surface area contributed by atoms with E-state index in [0.717, 1.165) is 13.1 Å². The summed E-state index contributed by atoms with van der Waals surface area (Å²) in [5, 5.41) is 3.49. The molecule has 1 heteroatoms. The molecule has 1 aromatic carbocycles. The first kappa shape index (κ1) is 12.7. The lowest BCUT2D eigenvalue weighted by Gasteiger charge is -2.10. The van der Waals surface area contributed by atoms with Crippen LogP contribution in [-0.4, -0.2) is 6.54 Å². The third-order valence-corrected chi connectivity index (χ3v) is 4.16. The Morgan fingerprint density at radius 3 is 2.95 bits per heavy atom. The van der Waals surface area contributed by atoms with Gasteiger partial charge in [0, 0.05) is 6.54 Å². The second-order valence-electron chi connectivity index (χ2n) is 5.64. The Morgan fingerprint density at radius 2 is 2.05 bits per heavy atom. The van der Waals surface area contributed by atoms with Crippen LogP contribution < -0.4 is 5.32 Å². The standard InChI is InChI=1S/C18H23N/c1-2-5-15(6-3-1)8-9-16-10-11-18-14-19-12-4-7-17(18)13-16/h2,5-6,10-11,13,19H,1,3-4,7-9,12,14H2. The molecular formula is C18H23N. The minimum Gasteiger partial charge on any atom is -0.313 e. The van der Waals surface area contributed by atoms with Gasteiger partial charge in [0.05, 0.1) is 0 Å². The van der Waals surface area contributed by atoms with Crippen molar-refractivity contribution in [3.05, 3.63) is 58.7 Å². The van der Waals surface area contributed by atoms with Crippen LogP contribution in [0.25, 0.3) is 0 Å². The van der Waals surface area contributed by atoms with Crippen molar-refractivity contribution < 1.29 is 0 Å². The average molecular weight is 253 g/mol. The number of aryl methyl sites for hydroxylation is 2. The number of benzene rings is 1. The lowest BCUT2D eigenvalue weighted by Crippen LogP contribution is -2.11. The molecule has 19 heavy (non-hydrogen) atoms. The van der Waals surface area contributed by atoms with Crippen molar-refractivity contribution in [2.75, 3.05) is 6.54 Å². The van der Waals surface area contributed by atoms with E-state index in [1.165, 1.54) is 55.2 Å². The van der Waals surface area contributed by atoms with Crippen LogP contribution >= 0.6 is 0 Å². The van der Waals surface area contributed by atoms with Gasteiger partial charge in [-0.15, -0.1) is 0 Å². The Kier molecular flexibility index (Phi) is 4.14. The van der Waals surface area contributed by atoms with E-state index in [4.69, 9.17) is 0 Å². The van der Waals surface area contributed by atoms with Gasteiger partial charge >= 0.3 is 0 Å². The smallest absolute Gasteiger partial charge is 0.0208 e. The van der Waals surface area contributed by atoms with Gasteiger partial charge in [-0.1, -0.05) is 42.0 Å². The van der Waals surface area contributed by atoms with E-state index < -0.39 is 0 Å². The zero-order chi connectivity index (χ0) is 12.9. The molecule has 0 unspecified atom stereocenters. The topological polar surface area (TPSA) is 12.0 Å². The summed E-state index contributed by atoms with van der Waals surface area (Å²) in [5.41, 5.74) is 6.08. The summed E-state index contributed by atoms with van der Waals surface area (Å²) in [6.07, 6.45) is 14.3. The Balaban J connectivity index is 1.66. The molecule has 1 aromatic rings. The normalized spacial score (nSPS) is 18.6. The SMILES string of the molecule is C1=CC(CCc2ccc3c(c2)CCCNC3)=CCC1. The molecule has 0 bridgehead atoms. The van der Waals surface area contributed by atoms with Gasteiger partial charge in [0.1, 0.15) is 0 Å². The summed E-state index contributed by atoms with van der Waals surface area (Å²) in [6.45, 7) is 2.20. The summed E-state index contributed by atoms with van der Waals surface area (Å²) in [6, 6.07) is 7.09. The molecule has 1 heterocycles. The van der Waals surface area contributed by atoms with Crippen LogP contribution in [0.3, 0.4) is 0 Å². The van der Waals surface area contributed by atoms with Crippen molar-refractivity contribution in [3.8, 4) is 0 Å². The molecule has 0 radical (unpaired) electrons. The van der Waals surface area contributed by atoms with Gasteiger partial charge < -0.3 is 5.32 Å². The van der Waals surface area contributed by atoms with E-state index in [9.17, 15) is 0 Å². The first-order chi connectivity index (χ1) is 9.42. The third-order valence-electron chi connectivity index (χ3n) is 4.16. The quantitative estimate of drug-likeness (QED) is 0.860. The Morgan fingerprint density at radius 1 is 1.05 bits per heavy atom. The van der Waals surface area contributed by atoms with Crippen molar-refractivity contribution >= 4 is 0 Å². The predicted octanol–water partition coefficient (Wildman–Crippen LogP) is 3.93. The molecular weight excluding hydrogens is 230 g/mol. The fourth-order valence-corrected chi connectivity index (χ4v) is 3.01. The van der Waals surface area contributed by atoms with E-state index in [1.807, 2.05) is 0 Å². The number of fused-ring (bicyclic) bond motifs is 1. The Bertz CT molecular complexity index is 496. The number of nitrogens with one attached hydrogen (secondary N) is 1. The molecule has 2 aliphatic rings. The number of rotatable bonds is 3. The maximum Gasteiger partial charge on any atom is 0.0208 e. The Hall–Kier alpha value is -1.34. The maximum absolute atomic E-state index is 3.49. The summed E-state index contributed by atoms with van der Waals surface area (Å²) in [4.78, 5) is 0. The molecule has 0 fully saturated rings. The van der Waals surface area contributed by atoms with Crippen molar-refractivity contribution in [2.24, 2.45) is 0 Å². The fourth-order valence-electron chi connectivity index (χ4n) is 3.01. The summed E-state index contributed by atoms with van der Waals surface area (Å²) < 4.78 is 0. The van der Waals surface area contributed by atoms with E-state index in [1.54, 1.807) is 5.56 Å². The molecule has 1 aliphatic heterocycles. The minimum absolute atomic E-state index is 1.05. The van der Waals surface area contributed by atoms with Crippen molar-refractivity contribution in [3.63, 3.8) is 0 Å². The van der Waals surface area contributed by atoms with Gasteiger partial charge in [0.25, 0.3) is 0 Å². The molecule has 1 aliphatic carbocycles. The van der Waals surface area contributed by atoms with Gasteiger partial charge in [-0.2, -0.15) is 0 Å². The van der Waals surface area contributed by atoms with Crippen LogP contribution in [0.2, 0.25) is 0 Å². The van der Waals surface area contributed by atoms with Crippen LogP contribution in [0.15, 0.2) is 42.0 Å². The highest BCUT2D eigenvalue weighted by atomic mass is 14.8. The summed E-state index contributed by atoms with van der Waals surface area (Å²) >= 11 is 0. The Labute approximate surface area is 116 Å². The maximum atomic E-state index is 3.49. The fraction of sp³-hybridized carbons (Fsp3) is 0.444. The van der Waals surface area contributed by atoms with E-state index in [0.29, 0.717) is 0 Å². The van der Waals surface area contributed by atoms with Crippen LogP contribution in [0.1, 0.15) is 42.4 Å². The zero-order valence-electron chi connectivity index (χ0n) is 11.6. The highest BCUT2D eigenvalue weighted by Crippen LogP contribution is 2.20. The van der Waals surface area contributed by atoms with Crippen molar-refractivity contribution in [1.82, 2.24) is 5.32 Å². The summed E-state index contributed by atoms with van der Waals surface area (Å²) in [5.74, 6) is 0. The molecule has 0 saturated heterocycles. The largest absolute Gasteiger partial charge is 0.313 e. The number of hydrogen-bond acceptors (Lipinski definition) is 1. The van der Waals surface area contributed by atoms with Gasteiger partial charge in [0.2, 0.25) is 0 Å². The van der Waals surface area contributed by atoms with E-state index in [-0.39, 0.29) is 0 Å². The van der Waals surface area contributed by atoms with Crippen LogP contribution in [0.5, 0.6) is 0 Å². The molecule has 0 spiro atoms. The summed E-state index contributed by atoms with van der Waals surface area (Å²) in [7, 11) is 0. The molecule has 1 N–H and O–H groups in total. The molecule has 0 saturated carbocycles.